The molecule has 0 heterocycles. The van der Waals surface area contributed by atoms with Crippen LogP contribution >= 0.6 is 15.9 Å². The Morgan fingerprint density at radius 2 is 2.06 bits per heavy atom. The molecule has 0 saturated heterocycles. The van der Waals surface area contributed by atoms with Crippen molar-refractivity contribution in [2.75, 3.05) is 5.75 Å². The second-order valence-electron chi connectivity index (χ2n) is 3.71. The lowest BCUT2D eigenvalue weighted by molar-refractivity contribution is 0.580. The van der Waals surface area contributed by atoms with Crippen LogP contribution in [0, 0.1) is 6.92 Å². The van der Waals surface area contributed by atoms with E-state index >= 15 is 0 Å². The summed E-state index contributed by atoms with van der Waals surface area (Å²) in [6, 6.07) is 5.84. The molecular weight excluding hydrogens is 290 g/mol. The predicted molar refractivity (Wildman–Crippen MR) is 69.8 cm³/mol. The highest BCUT2D eigenvalue weighted by Crippen LogP contribution is 2.16. The van der Waals surface area contributed by atoms with Gasteiger partial charge in [0, 0.05) is 11.0 Å². The lowest BCUT2D eigenvalue weighted by atomic mass is 10.1. The number of hydrogen-bond donors (Lipinski definition) is 1. The smallest absolute Gasteiger partial charge is 0.211 e. The normalized spacial score (nSPS) is 11.7. The summed E-state index contributed by atoms with van der Waals surface area (Å²) < 4.78 is 26.5. The van der Waals surface area contributed by atoms with E-state index < -0.39 is 10.0 Å². The summed E-state index contributed by atoms with van der Waals surface area (Å²) in [5, 5.41) is 0. The van der Waals surface area contributed by atoms with Gasteiger partial charge in [-0.05, 0) is 36.6 Å². The van der Waals surface area contributed by atoms with Crippen molar-refractivity contribution in [3.63, 3.8) is 0 Å². The number of halogens is 1. The SMILES string of the molecule is CCCS(=O)(=O)NCc1cc(Br)ccc1C. The Bertz CT molecular complexity index is 457. The monoisotopic (exact) mass is 305 g/mol. The third-order valence-corrected chi connectivity index (χ3v) is 4.29. The Kier molecular flexibility index (Phi) is 4.95. The summed E-state index contributed by atoms with van der Waals surface area (Å²) in [5.41, 5.74) is 2.08. The quantitative estimate of drug-likeness (QED) is 0.909. The minimum Gasteiger partial charge on any atom is -0.212 e. The highest BCUT2D eigenvalue weighted by Gasteiger charge is 2.09. The molecule has 0 aliphatic heterocycles. The molecule has 5 heteroatoms. The summed E-state index contributed by atoms with van der Waals surface area (Å²) in [6.07, 6.45) is 0.632. The summed E-state index contributed by atoms with van der Waals surface area (Å²) in [4.78, 5) is 0. The number of benzene rings is 1. The van der Waals surface area contributed by atoms with Crippen molar-refractivity contribution in [1.29, 1.82) is 0 Å². The van der Waals surface area contributed by atoms with E-state index in [9.17, 15) is 8.42 Å². The molecule has 0 aliphatic rings. The largest absolute Gasteiger partial charge is 0.212 e. The van der Waals surface area contributed by atoms with Crippen molar-refractivity contribution >= 4 is 26.0 Å². The van der Waals surface area contributed by atoms with Gasteiger partial charge in [0.05, 0.1) is 5.75 Å². The number of nitrogens with one attached hydrogen (secondary N) is 1. The van der Waals surface area contributed by atoms with Gasteiger partial charge < -0.3 is 0 Å². The molecule has 1 rings (SSSR count). The maximum absolute atomic E-state index is 11.5. The summed E-state index contributed by atoms with van der Waals surface area (Å²) in [6.45, 7) is 4.17. The molecular formula is C11H16BrNO2S. The molecule has 1 N–H and O–H groups in total. The molecule has 0 radical (unpaired) electrons. The van der Waals surface area contributed by atoms with Crippen molar-refractivity contribution in [2.24, 2.45) is 0 Å². The van der Waals surface area contributed by atoms with E-state index in [4.69, 9.17) is 0 Å². The van der Waals surface area contributed by atoms with Crippen LogP contribution < -0.4 is 4.72 Å². The average Bonchev–Trinajstić information content (AvgIpc) is 2.19. The lowest BCUT2D eigenvalue weighted by Crippen LogP contribution is -2.25. The van der Waals surface area contributed by atoms with E-state index in [1.807, 2.05) is 32.0 Å². The van der Waals surface area contributed by atoms with Gasteiger partial charge in [0.25, 0.3) is 0 Å². The van der Waals surface area contributed by atoms with E-state index in [1.165, 1.54) is 0 Å². The number of hydrogen-bond acceptors (Lipinski definition) is 2. The van der Waals surface area contributed by atoms with Crippen LogP contribution in [0.2, 0.25) is 0 Å². The van der Waals surface area contributed by atoms with Crippen LogP contribution in [0.1, 0.15) is 24.5 Å². The first-order valence-electron chi connectivity index (χ1n) is 5.17. The van der Waals surface area contributed by atoms with Gasteiger partial charge in [-0.25, -0.2) is 13.1 Å². The van der Waals surface area contributed by atoms with Crippen LogP contribution in [0.4, 0.5) is 0 Å². The average molecular weight is 306 g/mol. The first-order valence-corrected chi connectivity index (χ1v) is 7.61. The number of rotatable bonds is 5. The fraction of sp³-hybridized carbons (Fsp3) is 0.455. The topological polar surface area (TPSA) is 46.2 Å². The fourth-order valence-electron chi connectivity index (χ4n) is 1.36. The van der Waals surface area contributed by atoms with E-state index in [0.29, 0.717) is 13.0 Å². The zero-order valence-corrected chi connectivity index (χ0v) is 11.9. The van der Waals surface area contributed by atoms with Crippen molar-refractivity contribution < 1.29 is 8.42 Å². The van der Waals surface area contributed by atoms with Gasteiger partial charge in [0.2, 0.25) is 10.0 Å². The number of sulfonamides is 1. The second kappa shape index (κ2) is 5.80. The van der Waals surface area contributed by atoms with Gasteiger partial charge in [-0.3, -0.25) is 0 Å². The Morgan fingerprint density at radius 1 is 1.38 bits per heavy atom. The van der Waals surface area contributed by atoms with Gasteiger partial charge >= 0.3 is 0 Å². The highest BCUT2D eigenvalue weighted by atomic mass is 79.9. The van der Waals surface area contributed by atoms with E-state index in [2.05, 4.69) is 20.7 Å². The van der Waals surface area contributed by atoms with Gasteiger partial charge in [-0.1, -0.05) is 28.9 Å². The molecule has 1 aromatic rings. The van der Waals surface area contributed by atoms with Gasteiger partial charge in [-0.15, -0.1) is 0 Å². The molecule has 0 atom stereocenters. The molecule has 0 saturated carbocycles. The Labute approximate surface area is 105 Å². The zero-order chi connectivity index (χ0) is 12.2. The molecule has 3 nitrogen and oxygen atoms in total. The first kappa shape index (κ1) is 13.7. The van der Waals surface area contributed by atoms with Crippen LogP contribution in [-0.4, -0.2) is 14.2 Å². The molecule has 90 valence electrons. The van der Waals surface area contributed by atoms with Crippen LogP contribution in [-0.2, 0) is 16.6 Å². The maximum Gasteiger partial charge on any atom is 0.211 e. The molecule has 1 aromatic carbocycles. The van der Waals surface area contributed by atoms with Gasteiger partial charge in [0.15, 0.2) is 0 Å². The summed E-state index contributed by atoms with van der Waals surface area (Å²) >= 11 is 3.37. The Balaban J connectivity index is 2.71. The minimum absolute atomic E-state index is 0.181. The molecule has 0 unspecified atom stereocenters. The van der Waals surface area contributed by atoms with Crippen LogP contribution in [0.5, 0.6) is 0 Å². The third-order valence-electron chi connectivity index (χ3n) is 2.27. The van der Waals surface area contributed by atoms with Crippen molar-refractivity contribution in [2.45, 2.75) is 26.8 Å². The third kappa shape index (κ3) is 4.23. The standard InChI is InChI=1S/C11H16BrNO2S/c1-3-6-16(14,15)13-8-10-7-11(12)5-4-9(10)2/h4-5,7,13H,3,6,8H2,1-2H3. The molecule has 16 heavy (non-hydrogen) atoms. The maximum atomic E-state index is 11.5. The van der Waals surface area contributed by atoms with Crippen molar-refractivity contribution in [3.05, 3.63) is 33.8 Å². The Morgan fingerprint density at radius 3 is 2.69 bits per heavy atom. The van der Waals surface area contributed by atoms with Gasteiger partial charge in [-0.2, -0.15) is 0 Å². The number of aryl methyl sites for hydroxylation is 1. The molecule has 0 aromatic heterocycles. The molecule has 0 fully saturated rings. The predicted octanol–water partition coefficient (Wildman–Crippen LogP) is 2.59. The van der Waals surface area contributed by atoms with E-state index in [-0.39, 0.29) is 5.75 Å². The van der Waals surface area contributed by atoms with Gasteiger partial charge in [0.1, 0.15) is 0 Å². The van der Waals surface area contributed by atoms with Crippen LogP contribution in [0.3, 0.4) is 0 Å². The van der Waals surface area contributed by atoms with Crippen LogP contribution in [0.15, 0.2) is 22.7 Å². The molecule has 0 bridgehead atoms. The van der Waals surface area contributed by atoms with Crippen LogP contribution in [0.25, 0.3) is 0 Å². The lowest BCUT2D eigenvalue weighted by Gasteiger charge is -2.08. The minimum atomic E-state index is -3.12. The Hall–Kier alpha value is -0.390. The highest BCUT2D eigenvalue weighted by molar-refractivity contribution is 9.10. The first-order chi connectivity index (χ1) is 7.44. The molecule has 0 aliphatic carbocycles. The van der Waals surface area contributed by atoms with Crippen molar-refractivity contribution in [3.8, 4) is 0 Å². The van der Waals surface area contributed by atoms with Crippen molar-refractivity contribution in [1.82, 2.24) is 4.72 Å². The molecule has 0 spiro atoms. The summed E-state index contributed by atoms with van der Waals surface area (Å²) in [7, 11) is -3.12. The van der Waals surface area contributed by atoms with E-state index in [1.54, 1.807) is 0 Å². The summed E-state index contributed by atoms with van der Waals surface area (Å²) in [5.74, 6) is 0.181. The zero-order valence-electron chi connectivity index (χ0n) is 9.46. The fourth-order valence-corrected chi connectivity index (χ4v) is 2.82. The van der Waals surface area contributed by atoms with E-state index in [0.717, 1.165) is 15.6 Å². The molecule has 0 amide bonds. The second-order valence-corrected chi connectivity index (χ2v) is 6.55.